The van der Waals surface area contributed by atoms with Crippen LogP contribution in [-0.4, -0.2) is 25.2 Å². The van der Waals surface area contributed by atoms with E-state index in [0.29, 0.717) is 12.5 Å². The van der Waals surface area contributed by atoms with Crippen molar-refractivity contribution in [3.05, 3.63) is 48.0 Å². The predicted octanol–water partition coefficient (Wildman–Crippen LogP) is 3.14. The lowest BCUT2D eigenvalue weighted by molar-refractivity contribution is 0.327. The van der Waals surface area contributed by atoms with Gasteiger partial charge in [0.05, 0.1) is 13.7 Å². The Morgan fingerprint density at radius 1 is 1.15 bits per heavy atom. The zero-order valence-corrected chi connectivity index (χ0v) is 11.9. The number of aromatic nitrogens is 1. The zero-order valence-electron chi connectivity index (χ0n) is 11.9. The Labute approximate surface area is 119 Å². The largest absolute Gasteiger partial charge is 0.497 e. The quantitative estimate of drug-likeness (QED) is 0.841. The molecule has 20 heavy (non-hydrogen) atoms. The Hall–Kier alpha value is -2.23. The van der Waals surface area contributed by atoms with Crippen LogP contribution >= 0.6 is 0 Å². The third kappa shape index (κ3) is 4.16. The number of hydrogen-bond acceptors (Lipinski definition) is 4. The number of ether oxygens (including phenoxy) is 2. The van der Waals surface area contributed by atoms with Crippen LogP contribution in [0.3, 0.4) is 0 Å². The van der Waals surface area contributed by atoms with Gasteiger partial charge in [-0.05, 0) is 37.1 Å². The van der Waals surface area contributed by atoms with Gasteiger partial charge in [-0.3, -0.25) is 0 Å². The second-order valence-electron chi connectivity index (χ2n) is 4.32. The van der Waals surface area contributed by atoms with Crippen molar-refractivity contribution in [1.82, 2.24) is 4.98 Å². The van der Waals surface area contributed by atoms with Gasteiger partial charge in [-0.1, -0.05) is 18.2 Å². The van der Waals surface area contributed by atoms with Gasteiger partial charge in [0.25, 0.3) is 0 Å². The SMILES string of the molecule is CCOc1cccc(NCCc2cccc(OC)c2)n1. The Kier molecular flexibility index (Phi) is 5.24. The van der Waals surface area contributed by atoms with Gasteiger partial charge in [0.15, 0.2) is 0 Å². The smallest absolute Gasteiger partial charge is 0.215 e. The second kappa shape index (κ2) is 7.38. The maximum atomic E-state index is 5.37. The Morgan fingerprint density at radius 3 is 2.80 bits per heavy atom. The number of pyridine rings is 1. The lowest BCUT2D eigenvalue weighted by Gasteiger charge is -2.08. The number of rotatable bonds is 7. The molecule has 0 saturated heterocycles. The summed E-state index contributed by atoms with van der Waals surface area (Å²) < 4.78 is 10.6. The van der Waals surface area contributed by atoms with E-state index in [1.54, 1.807) is 7.11 Å². The molecule has 0 amide bonds. The van der Waals surface area contributed by atoms with Crippen molar-refractivity contribution in [3.63, 3.8) is 0 Å². The first-order chi connectivity index (χ1) is 9.81. The topological polar surface area (TPSA) is 43.4 Å². The number of methoxy groups -OCH3 is 1. The fraction of sp³-hybridized carbons (Fsp3) is 0.312. The van der Waals surface area contributed by atoms with E-state index in [1.807, 2.05) is 43.3 Å². The summed E-state index contributed by atoms with van der Waals surface area (Å²) in [5.41, 5.74) is 1.23. The van der Waals surface area contributed by atoms with Crippen LogP contribution in [0.2, 0.25) is 0 Å². The van der Waals surface area contributed by atoms with Crippen LogP contribution in [0.5, 0.6) is 11.6 Å². The molecule has 0 atom stereocenters. The molecule has 1 N–H and O–H groups in total. The lowest BCUT2D eigenvalue weighted by Crippen LogP contribution is -2.07. The van der Waals surface area contributed by atoms with Crippen molar-refractivity contribution in [2.45, 2.75) is 13.3 Å². The van der Waals surface area contributed by atoms with Crippen molar-refractivity contribution in [1.29, 1.82) is 0 Å². The molecule has 106 valence electrons. The highest BCUT2D eigenvalue weighted by atomic mass is 16.5. The monoisotopic (exact) mass is 272 g/mol. The maximum Gasteiger partial charge on any atom is 0.215 e. The molecule has 0 spiro atoms. The third-order valence-corrected chi connectivity index (χ3v) is 2.87. The molecule has 0 saturated carbocycles. The van der Waals surface area contributed by atoms with Crippen LogP contribution in [0.1, 0.15) is 12.5 Å². The van der Waals surface area contributed by atoms with E-state index in [1.165, 1.54) is 5.56 Å². The summed E-state index contributed by atoms with van der Waals surface area (Å²) in [7, 11) is 1.68. The minimum Gasteiger partial charge on any atom is -0.497 e. The van der Waals surface area contributed by atoms with E-state index >= 15 is 0 Å². The molecule has 0 radical (unpaired) electrons. The number of benzene rings is 1. The number of hydrogen-bond donors (Lipinski definition) is 1. The molecule has 0 fully saturated rings. The van der Waals surface area contributed by atoms with E-state index in [0.717, 1.165) is 24.5 Å². The summed E-state index contributed by atoms with van der Waals surface area (Å²) in [4.78, 5) is 4.37. The fourth-order valence-corrected chi connectivity index (χ4v) is 1.90. The predicted molar refractivity (Wildman–Crippen MR) is 80.6 cm³/mol. The van der Waals surface area contributed by atoms with E-state index in [9.17, 15) is 0 Å². The maximum absolute atomic E-state index is 5.37. The Bertz CT molecular complexity index is 544. The molecule has 0 bridgehead atoms. The first-order valence-corrected chi connectivity index (χ1v) is 6.78. The molecule has 1 heterocycles. The Balaban J connectivity index is 1.87. The van der Waals surface area contributed by atoms with Crippen molar-refractivity contribution < 1.29 is 9.47 Å². The van der Waals surface area contributed by atoms with Gasteiger partial charge >= 0.3 is 0 Å². The van der Waals surface area contributed by atoms with E-state index in [4.69, 9.17) is 9.47 Å². The van der Waals surface area contributed by atoms with Crippen molar-refractivity contribution in [3.8, 4) is 11.6 Å². The first kappa shape index (κ1) is 14.2. The van der Waals surface area contributed by atoms with Gasteiger partial charge in [0.2, 0.25) is 5.88 Å². The normalized spacial score (nSPS) is 10.1. The molecule has 4 heteroatoms. The van der Waals surface area contributed by atoms with Crippen molar-refractivity contribution in [2.75, 3.05) is 25.6 Å². The molecule has 1 aromatic heterocycles. The van der Waals surface area contributed by atoms with E-state index in [2.05, 4.69) is 16.4 Å². The number of nitrogens with zero attached hydrogens (tertiary/aromatic N) is 1. The molecule has 2 rings (SSSR count). The zero-order chi connectivity index (χ0) is 14.2. The highest BCUT2D eigenvalue weighted by molar-refractivity contribution is 5.37. The van der Waals surface area contributed by atoms with Crippen LogP contribution in [0.15, 0.2) is 42.5 Å². The van der Waals surface area contributed by atoms with Gasteiger partial charge < -0.3 is 14.8 Å². The van der Waals surface area contributed by atoms with Gasteiger partial charge in [0.1, 0.15) is 11.6 Å². The molecule has 0 unspecified atom stereocenters. The molecular formula is C16H20N2O2. The Morgan fingerprint density at radius 2 is 2.00 bits per heavy atom. The molecule has 0 aliphatic heterocycles. The summed E-state index contributed by atoms with van der Waals surface area (Å²) in [6.45, 7) is 3.39. The van der Waals surface area contributed by atoms with Crippen molar-refractivity contribution in [2.24, 2.45) is 0 Å². The van der Waals surface area contributed by atoms with E-state index in [-0.39, 0.29) is 0 Å². The van der Waals surface area contributed by atoms with Crippen LogP contribution in [0.25, 0.3) is 0 Å². The van der Waals surface area contributed by atoms with Crippen molar-refractivity contribution >= 4 is 5.82 Å². The molecule has 0 aliphatic carbocycles. The highest BCUT2D eigenvalue weighted by Crippen LogP contribution is 2.14. The van der Waals surface area contributed by atoms with Gasteiger partial charge in [-0.15, -0.1) is 0 Å². The molecular weight excluding hydrogens is 252 g/mol. The first-order valence-electron chi connectivity index (χ1n) is 6.78. The average Bonchev–Trinajstić information content (AvgIpc) is 2.48. The van der Waals surface area contributed by atoms with Crippen LogP contribution in [0.4, 0.5) is 5.82 Å². The third-order valence-electron chi connectivity index (χ3n) is 2.87. The molecule has 0 aliphatic rings. The summed E-state index contributed by atoms with van der Waals surface area (Å²) in [6, 6.07) is 13.8. The standard InChI is InChI=1S/C16H20N2O2/c1-3-20-16-9-5-8-15(18-16)17-11-10-13-6-4-7-14(12-13)19-2/h4-9,12H,3,10-11H2,1-2H3,(H,17,18). The minimum atomic E-state index is 0.625. The average molecular weight is 272 g/mol. The second-order valence-corrected chi connectivity index (χ2v) is 4.32. The summed E-state index contributed by atoms with van der Waals surface area (Å²) in [5, 5.41) is 3.30. The summed E-state index contributed by atoms with van der Waals surface area (Å²) >= 11 is 0. The minimum absolute atomic E-state index is 0.625. The summed E-state index contributed by atoms with van der Waals surface area (Å²) in [6.07, 6.45) is 0.914. The van der Waals surface area contributed by atoms with Gasteiger partial charge in [-0.25, -0.2) is 0 Å². The molecule has 1 aromatic carbocycles. The highest BCUT2D eigenvalue weighted by Gasteiger charge is 1.99. The number of anilines is 1. The number of nitrogens with one attached hydrogen (secondary N) is 1. The van der Waals surface area contributed by atoms with Gasteiger partial charge in [0, 0.05) is 12.6 Å². The van der Waals surface area contributed by atoms with Crippen LogP contribution in [0, 0.1) is 0 Å². The van der Waals surface area contributed by atoms with Crippen LogP contribution < -0.4 is 14.8 Å². The van der Waals surface area contributed by atoms with E-state index < -0.39 is 0 Å². The summed E-state index contributed by atoms with van der Waals surface area (Å²) in [5.74, 6) is 2.37. The molecule has 4 nitrogen and oxygen atoms in total. The molecule has 2 aromatic rings. The van der Waals surface area contributed by atoms with Crippen LogP contribution in [-0.2, 0) is 6.42 Å². The fourth-order valence-electron chi connectivity index (χ4n) is 1.90. The lowest BCUT2D eigenvalue weighted by atomic mass is 10.1. The van der Waals surface area contributed by atoms with Gasteiger partial charge in [-0.2, -0.15) is 4.98 Å².